The van der Waals surface area contributed by atoms with Crippen molar-refractivity contribution in [2.24, 2.45) is 4.99 Å². The average Bonchev–Trinajstić information content (AvgIpc) is 3.38. The lowest BCUT2D eigenvalue weighted by atomic mass is 10.2. The fourth-order valence-corrected chi connectivity index (χ4v) is 4.05. The second-order valence-corrected chi connectivity index (χ2v) is 7.47. The lowest BCUT2D eigenvalue weighted by molar-refractivity contribution is 0.174. The molecule has 0 spiro atoms. The van der Waals surface area contributed by atoms with Crippen LogP contribution in [0.3, 0.4) is 0 Å². The Morgan fingerprint density at radius 3 is 2.83 bits per heavy atom. The lowest BCUT2D eigenvalue weighted by Gasteiger charge is -2.02. The van der Waals surface area contributed by atoms with Crippen molar-refractivity contribution in [1.82, 2.24) is 4.98 Å². The predicted octanol–water partition coefficient (Wildman–Crippen LogP) is 5.81. The normalized spacial score (nSPS) is 13.1. The molecule has 5 nitrogen and oxygen atoms in total. The number of rotatable bonds is 4. The highest BCUT2D eigenvalue weighted by Gasteiger charge is 2.12. The van der Waals surface area contributed by atoms with Gasteiger partial charge >= 0.3 is 0 Å². The SMILES string of the molecule is Oc1ccc(N=C/C=C\c2ccc3c(c2)OCO3)cc1-c1nc2ccccc2s1. The number of thiazole rings is 1. The van der Waals surface area contributed by atoms with Crippen LogP contribution in [0, 0.1) is 0 Å². The van der Waals surface area contributed by atoms with Gasteiger partial charge in [-0.2, -0.15) is 0 Å². The van der Waals surface area contributed by atoms with Crippen LogP contribution in [0.15, 0.2) is 71.7 Å². The number of fused-ring (bicyclic) bond motifs is 2. The Balaban J connectivity index is 1.37. The van der Waals surface area contributed by atoms with E-state index in [9.17, 15) is 5.11 Å². The van der Waals surface area contributed by atoms with Gasteiger partial charge in [0.15, 0.2) is 11.5 Å². The van der Waals surface area contributed by atoms with E-state index in [1.54, 1.807) is 29.7 Å². The number of allylic oxidation sites excluding steroid dienone is 1. The lowest BCUT2D eigenvalue weighted by Crippen LogP contribution is -1.92. The third-order valence-electron chi connectivity index (χ3n) is 4.50. The minimum absolute atomic E-state index is 0.193. The van der Waals surface area contributed by atoms with Crippen molar-refractivity contribution in [3.63, 3.8) is 0 Å². The van der Waals surface area contributed by atoms with Crippen LogP contribution in [0.5, 0.6) is 17.2 Å². The maximum Gasteiger partial charge on any atom is 0.231 e. The van der Waals surface area contributed by atoms with Gasteiger partial charge in [-0.25, -0.2) is 4.98 Å². The first-order chi connectivity index (χ1) is 14.3. The summed E-state index contributed by atoms with van der Waals surface area (Å²) in [7, 11) is 0. The molecule has 5 rings (SSSR count). The number of phenolic OH excluding ortho intramolecular Hbond substituents is 1. The number of phenols is 1. The summed E-state index contributed by atoms with van der Waals surface area (Å²) in [6.45, 7) is 0.266. The Bertz CT molecular complexity index is 1230. The second kappa shape index (κ2) is 7.41. The summed E-state index contributed by atoms with van der Waals surface area (Å²) in [5.74, 6) is 1.71. The smallest absolute Gasteiger partial charge is 0.231 e. The van der Waals surface area contributed by atoms with E-state index < -0.39 is 0 Å². The van der Waals surface area contributed by atoms with Crippen LogP contribution in [-0.2, 0) is 0 Å². The van der Waals surface area contributed by atoms with Crippen molar-refractivity contribution in [3.05, 3.63) is 72.3 Å². The molecule has 29 heavy (non-hydrogen) atoms. The van der Waals surface area contributed by atoms with E-state index in [2.05, 4.69) is 9.98 Å². The molecule has 0 fully saturated rings. The number of ether oxygens (including phenoxy) is 2. The minimum atomic E-state index is 0.193. The summed E-state index contributed by atoms with van der Waals surface area (Å²) in [6.07, 6.45) is 5.53. The van der Waals surface area contributed by atoms with Gasteiger partial charge in [0.1, 0.15) is 10.8 Å². The van der Waals surface area contributed by atoms with Crippen LogP contribution in [0.1, 0.15) is 5.56 Å². The number of nitrogens with zero attached hydrogens (tertiary/aromatic N) is 2. The molecule has 142 valence electrons. The van der Waals surface area contributed by atoms with Gasteiger partial charge in [0.25, 0.3) is 0 Å². The van der Waals surface area contributed by atoms with Gasteiger partial charge in [0, 0.05) is 6.21 Å². The molecule has 1 aliphatic heterocycles. The number of benzene rings is 3. The van der Waals surface area contributed by atoms with Crippen molar-refractivity contribution in [1.29, 1.82) is 0 Å². The quantitative estimate of drug-likeness (QED) is 0.439. The number of aromatic nitrogens is 1. The molecular formula is C23H16N2O3S. The summed E-state index contributed by atoms with van der Waals surface area (Å²) in [6, 6.07) is 19.0. The molecule has 0 unspecified atom stereocenters. The van der Waals surface area contributed by atoms with Crippen LogP contribution >= 0.6 is 11.3 Å². The summed E-state index contributed by atoms with van der Waals surface area (Å²) >= 11 is 1.55. The first-order valence-electron chi connectivity index (χ1n) is 9.06. The molecule has 0 saturated carbocycles. The molecule has 0 radical (unpaired) electrons. The molecule has 0 saturated heterocycles. The predicted molar refractivity (Wildman–Crippen MR) is 116 cm³/mol. The van der Waals surface area contributed by atoms with Crippen molar-refractivity contribution in [2.45, 2.75) is 0 Å². The maximum atomic E-state index is 10.3. The Labute approximate surface area is 171 Å². The van der Waals surface area contributed by atoms with Crippen molar-refractivity contribution >= 4 is 39.5 Å². The van der Waals surface area contributed by atoms with Gasteiger partial charge in [-0.1, -0.05) is 24.3 Å². The first kappa shape index (κ1) is 17.5. The summed E-state index contributed by atoms with van der Waals surface area (Å²) in [5.41, 5.74) is 3.35. The number of hydrogen-bond donors (Lipinski definition) is 1. The zero-order valence-electron chi connectivity index (χ0n) is 15.3. The molecule has 0 aliphatic carbocycles. The number of aromatic hydroxyl groups is 1. The number of hydrogen-bond acceptors (Lipinski definition) is 6. The third kappa shape index (κ3) is 3.58. The van der Waals surface area contributed by atoms with Gasteiger partial charge in [0.05, 0.1) is 21.5 Å². The van der Waals surface area contributed by atoms with Gasteiger partial charge in [0.2, 0.25) is 6.79 Å². The largest absolute Gasteiger partial charge is 0.507 e. The highest BCUT2D eigenvalue weighted by atomic mass is 32.1. The Morgan fingerprint density at radius 1 is 1.00 bits per heavy atom. The van der Waals surface area contributed by atoms with Crippen LogP contribution in [0.2, 0.25) is 0 Å². The van der Waals surface area contributed by atoms with E-state index in [-0.39, 0.29) is 12.5 Å². The van der Waals surface area contributed by atoms with E-state index in [1.165, 1.54) is 0 Å². The Hall–Kier alpha value is -3.64. The van der Waals surface area contributed by atoms with Gasteiger partial charge in [-0.15, -0.1) is 11.3 Å². The van der Waals surface area contributed by atoms with E-state index >= 15 is 0 Å². The highest BCUT2D eigenvalue weighted by Crippen LogP contribution is 2.37. The zero-order chi connectivity index (χ0) is 19.6. The number of para-hydroxylation sites is 1. The highest BCUT2D eigenvalue weighted by molar-refractivity contribution is 7.21. The van der Waals surface area contributed by atoms with E-state index in [0.29, 0.717) is 5.56 Å². The number of aliphatic imine (C=N–C) groups is 1. The summed E-state index contributed by atoms with van der Waals surface area (Å²) in [5, 5.41) is 11.1. The maximum absolute atomic E-state index is 10.3. The molecule has 1 aromatic heterocycles. The van der Waals surface area contributed by atoms with Gasteiger partial charge in [-0.3, -0.25) is 4.99 Å². The van der Waals surface area contributed by atoms with E-state index in [1.807, 2.05) is 60.7 Å². The Kier molecular flexibility index (Phi) is 4.46. The van der Waals surface area contributed by atoms with Crippen molar-refractivity contribution in [2.75, 3.05) is 6.79 Å². The molecule has 3 aromatic carbocycles. The minimum Gasteiger partial charge on any atom is -0.507 e. The van der Waals surface area contributed by atoms with Crippen molar-refractivity contribution in [3.8, 4) is 27.8 Å². The van der Waals surface area contributed by atoms with Crippen LogP contribution in [-0.4, -0.2) is 23.1 Å². The van der Waals surface area contributed by atoms with Gasteiger partial charge in [-0.05, 0) is 54.1 Å². The van der Waals surface area contributed by atoms with Gasteiger partial charge < -0.3 is 14.6 Å². The standard InChI is InChI=1S/C23H16N2O3S/c26-19-9-8-16(13-17(19)23-25-18-5-1-2-6-22(18)29-23)24-11-3-4-15-7-10-20-21(12-15)28-14-27-20/h1-13,26H,14H2/b4-3-,24-11?. The Morgan fingerprint density at radius 2 is 1.90 bits per heavy atom. The molecule has 4 aromatic rings. The monoisotopic (exact) mass is 400 g/mol. The topological polar surface area (TPSA) is 63.9 Å². The molecule has 6 heteroatoms. The fraction of sp³-hybridized carbons (Fsp3) is 0.0435. The molecule has 0 bridgehead atoms. The molecule has 1 N–H and O–H groups in total. The van der Waals surface area contributed by atoms with E-state index in [0.717, 1.165) is 38.0 Å². The second-order valence-electron chi connectivity index (χ2n) is 6.44. The summed E-state index contributed by atoms with van der Waals surface area (Å²) < 4.78 is 11.8. The molecular weight excluding hydrogens is 384 g/mol. The molecule has 2 heterocycles. The first-order valence-corrected chi connectivity index (χ1v) is 9.87. The molecule has 0 atom stereocenters. The third-order valence-corrected chi connectivity index (χ3v) is 5.57. The van der Waals surface area contributed by atoms with Crippen LogP contribution in [0.4, 0.5) is 5.69 Å². The average molecular weight is 400 g/mol. The molecule has 1 aliphatic rings. The summed E-state index contributed by atoms with van der Waals surface area (Å²) in [4.78, 5) is 9.09. The molecule has 0 amide bonds. The van der Waals surface area contributed by atoms with Crippen molar-refractivity contribution < 1.29 is 14.6 Å². The fourth-order valence-electron chi connectivity index (χ4n) is 3.06. The van der Waals surface area contributed by atoms with Crippen LogP contribution in [0.25, 0.3) is 26.9 Å². The van der Waals surface area contributed by atoms with Crippen LogP contribution < -0.4 is 9.47 Å². The zero-order valence-corrected chi connectivity index (χ0v) is 16.1. The van der Waals surface area contributed by atoms with E-state index in [4.69, 9.17) is 9.47 Å².